The van der Waals surface area contributed by atoms with Crippen LogP contribution in [0.4, 0.5) is 11.4 Å². The Hall–Kier alpha value is -4.91. The summed E-state index contributed by atoms with van der Waals surface area (Å²) in [5.74, 6) is 0.289. The minimum atomic E-state index is -0.0191. The van der Waals surface area contributed by atoms with E-state index in [4.69, 9.17) is 0 Å². The van der Waals surface area contributed by atoms with Gasteiger partial charge in [-0.3, -0.25) is 0 Å². The number of nitrogens with zero attached hydrogens (tertiary/aromatic N) is 2. The number of hydrogen-bond donors (Lipinski definition) is 0. The average Bonchev–Trinajstić information content (AvgIpc) is 3.65. The van der Waals surface area contributed by atoms with Crippen LogP contribution < -0.4 is 4.90 Å². The van der Waals surface area contributed by atoms with Crippen LogP contribution >= 0.6 is 11.3 Å². The summed E-state index contributed by atoms with van der Waals surface area (Å²) >= 11 is 1.86. The van der Waals surface area contributed by atoms with Gasteiger partial charge in [-0.05, 0) is 75.8 Å². The molecule has 0 N–H and O–H groups in total. The number of fused-ring (bicyclic) bond motifs is 9. The molecule has 0 saturated carbocycles. The molecule has 0 fully saturated rings. The third-order valence-electron chi connectivity index (χ3n) is 9.84. The van der Waals surface area contributed by atoms with Gasteiger partial charge in [-0.15, -0.1) is 11.3 Å². The molecule has 43 heavy (non-hydrogen) atoms. The molecule has 2 atom stereocenters. The highest BCUT2D eigenvalue weighted by atomic mass is 32.1. The summed E-state index contributed by atoms with van der Waals surface area (Å²) in [5.41, 5.74) is 11.9. The number of hydrogen-bond acceptors (Lipinski definition) is 3. The summed E-state index contributed by atoms with van der Waals surface area (Å²) in [5, 5.41) is 12.9. The molecule has 0 amide bonds. The summed E-state index contributed by atoms with van der Waals surface area (Å²) in [6, 6.07) is 38.0. The highest BCUT2D eigenvalue weighted by Gasteiger charge is 2.39. The second-order valence-electron chi connectivity index (χ2n) is 12.4. The number of nitriles is 1. The van der Waals surface area contributed by atoms with Gasteiger partial charge in [0.15, 0.2) is 0 Å². The van der Waals surface area contributed by atoms with Gasteiger partial charge < -0.3 is 4.90 Å². The standard InChI is InChI=1S/C40H28N2S/c1-40(2)32-14-6-3-11-26(32)29-21-31-30-20-24(18-19-37(30)43-38(31)22-33(29)40)39-25(23-41)10-9-17-36(39)42-34-15-7-4-12-27(34)28-13-5-8-16-35(28)42/h3-22,27,34H,1-2H3. The zero-order valence-corrected chi connectivity index (χ0v) is 24.8. The van der Waals surface area contributed by atoms with Crippen molar-refractivity contribution in [1.82, 2.24) is 0 Å². The molecular weight excluding hydrogens is 541 g/mol. The Morgan fingerprint density at radius 2 is 1.51 bits per heavy atom. The third kappa shape index (κ3) is 3.33. The first-order chi connectivity index (χ1) is 21.0. The summed E-state index contributed by atoms with van der Waals surface area (Å²) in [6.45, 7) is 4.68. The fourth-order valence-electron chi connectivity index (χ4n) is 7.83. The Balaban J connectivity index is 1.27. The van der Waals surface area contributed by atoms with E-state index in [2.05, 4.69) is 134 Å². The van der Waals surface area contributed by atoms with Gasteiger partial charge in [-0.2, -0.15) is 5.26 Å². The van der Waals surface area contributed by atoms with Gasteiger partial charge in [0, 0.05) is 42.8 Å². The SMILES string of the molecule is CC1(C)c2ccccc2-c2cc3c(cc21)sc1ccc(-c2c(C#N)cccc2N2c4ccccc4C4C=CC=CC42)cc13. The molecule has 2 aliphatic carbocycles. The molecule has 5 aromatic carbocycles. The van der Waals surface area contributed by atoms with Crippen molar-refractivity contribution >= 4 is 42.9 Å². The molecule has 0 saturated heterocycles. The number of rotatable bonds is 2. The minimum absolute atomic E-state index is 0.0191. The molecule has 1 aliphatic heterocycles. The van der Waals surface area contributed by atoms with E-state index in [0.717, 1.165) is 16.8 Å². The lowest BCUT2D eigenvalue weighted by atomic mass is 9.82. The van der Waals surface area contributed by atoms with Crippen molar-refractivity contribution in [1.29, 1.82) is 5.26 Å². The molecule has 0 bridgehead atoms. The van der Waals surface area contributed by atoms with Gasteiger partial charge in [0.1, 0.15) is 0 Å². The molecule has 9 rings (SSSR count). The maximum atomic E-state index is 10.4. The quantitative estimate of drug-likeness (QED) is 0.208. The van der Waals surface area contributed by atoms with Gasteiger partial charge in [-0.1, -0.05) is 92.7 Å². The number of para-hydroxylation sites is 1. The summed E-state index contributed by atoms with van der Waals surface area (Å²) in [4.78, 5) is 2.44. The third-order valence-corrected chi connectivity index (χ3v) is 11.0. The van der Waals surface area contributed by atoms with Gasteiger partial charge in [0.25, 0.3) is 0 Å². The lowest BCUT2D eigenvalue weighted by molar-refractivity contribution is 0.661. The Kier molecular flexibility index (Phi) is 5.05. The van der Waals surface area contributed by atoms with E-state index in [0.29, 0.717) is 5.56 Å². The Morgan fingerprint density at radius 1 is 0.721 bits per heavy atom. The molecule has 0 spiro atoms. The number of thiophene rings is 1. The number of anilines is 2. The molecule has 2 nitrogen and oxygen atoms in total. The van der Waals surface area contributed by atoms with Gasteiger partial charge in [-0.25, -0.2) is 0 Å². The van der Waals surface area contributed by atoms with E-state index in [1.807, 2.05) is 23.5 Å². The van der Waals surface area contributed by atoms with Crippen molar-refractivity contribution in [2.75, 3.05) is 4.90 Å². The van der Waals surface area contributed by atoms with Crippen LogP contribution in [0.15, 0.2) is 121 Å². The highest BCUT2D eigenvalue weighted by molar-refractivity contribution is 7.25. The first-order valence-corrected chi connectivity index (χ1v) is 15.7. The molecule has 2 unspecified atom stereocenters. The van der Waals surface area contributed by atoms with E-state index in [1.54, 1.807) is 0 Å². The van der Waals surface area contributed by atoms with Crippen molar-refractivity contribution in [2.24, 2.45) is 0 Å². The van der Waals surface area contributed by atoms with Crippen LogP contribution in [0, 0.1) is 11.3 Å². The Morgan fingerprint density at radius 3 is 2.42 bits per heavy atom. The summed E-state index contributed by atoms with van der Waals surface area (Å²) < 4.78 is 2.59. The van der Waals surface area contributed by atoms with Crippen LogP contribution in [0.2, 0.25) is 0 Å². The topological polar surface area (TPSA) is 27.0 Å². The molecule has 3 aliphatic rings. The lowest BCUT2D eigenvalue weighted by Gasteiger charge is -2.31. The van der Waals surface area contributed by atoms with Gasteiger partial charge in [0.05, 0.1) is 23.4 Å². The van der Waals surface area contributed by atoms with E-state index in [1.165, 1.54) is 53.7 Å². The first-order valence-electron chi connectivity index (χ1n) is 14.9. The van der Waals surface area contributed by atoms with E-state index in [9.17, 15) is 5.26 Å². The van der Waals surface area contributed by atoms with Crippen LogP contribution in [0.25, 0.3) is 42.4 Å². The highest BCUT2D eigenvalue weighted by Crippen LogP contribution is 2.53. The summed E-state index contributed by atoms with van der Waals surface area (Å²) in [7, 11) is 0. The van der Waals surface area contributed by atoms with E-state index < -0.39 is 0 Å². The largest absolute Gasteiger partial charge is 0.333 e. The fraction of sp³-hybridized carbons (Fsp3) is 0.125. The fourth-order valence-corrected chi connectivity index (χ4v) is 8.94. The van der Waals surface area contributed by atoms with Crippen molar-refractivity contribution in [3.63, 3.8) is 0 Å². The van der Waals surface area contributed by atoms with Gasteiger partial charge >= 0.3 is 0 Å². The molecule has 0 radical (unpaired) electrons. The Labute approximate surface area is 255 Å². The minimum Gasteiger partial charge on any atom is -0.333 e. The van der Waals surface area contributed by atoms with Crippen LogP contribution in [0.1, 0.15) is 42.0 Å². The van der Waals surface area contributed by atoms with Crippen LogP contribution in [0.5, 0.6) is 0 Å². The van der Waals surface area contributed by atoms with E-state index >= 15 is 0 Å². The molecule has 6 aromatic rings. The van der Waals surface area contributed by atoms with E-state index in [-0.39, 0.29) is 17.4 Å². The normalized spacial score (nSPS) is 18.9. The van der Waals surface area contributed by atoms with Crippen LogP contribution in [-0.2, 0) is 5.41 Å². The Bertz CT molecular complexity index is 2260. The second kappa shape index (κ2) is 8.80. The molecule has 204 valence electrons. The van der Waals surface area contributed by atoms with Crippen LogP contribution in [0.3, 0.4) is 0 Å². The zero-order valence-electron chi connectivity index (χ0n) is 24.0. The van der Waals surface area contributed by atoms with Crippen molar-refractivity contribution in [2.45, 2.75) is 31.2 Å². The zero-order chi connectivity index (χ0) is 28.9. The average molecular weight is 569 g/mol. The maximum Gasteiger partial charge on any atom is 0.0998 e. The first kappa shape index (κ1) is 24.7. The molecule has 2 heterocycles. The van der Waals surface area contributed by atoms with Crippen LogP contribution in [-0.4, -0.2) is 6.04 Å². The predicted octanol–water partition coefficient (Wildman–Crippen LogP) is 10.6. The second-order valence-corrected chi connectivity index (χ2v) is 13.5. The van der Waals surface area contributed by atoms with Gasteiger partial charge in [0.2, 0.25) is 0 Å². The van der Waals surface area contributed by atoms with Crippen molar-refractivity contribution in [3.05, 3.63) is 144 Å². The number of allylic oxidation sites excluding steroid dienone is 2. The molecule has 3 heteroatoms. The lowest BCUT2D eigenvalue weighted by Crippen LogP contribution is -2.29. The molecule has 1 aromatic heterocycles. The van der Waals surface area contributed by atoms with Crippen molar-refractivity contribution < 1.29 is 0 Å². The summed E-state index contributed by atoms with van der Waals surface area (Å²) in [6.07, 6.45) is 8.90. The smallest absolute Gasteiger partial charge is 0.0998 e. The maximum absolute atomic E-state index is 10.4. The van der Waals surface area contributed by atoms with Crippen molar-refractivity contribution in [3.8, 4) is 28.3 Å². The monoisotopic (exact) mass is 568 g/mol. The predicted molar refractivity (Wildman–Crippen MR) is 180 cm³/mol. The number of benzene rings is 5. The molecular formula is C40H28N2S.